The summed E-state index contributed by atoms with van der Waals surface area (Å²) < 4.78 is 0. The fraction of sp³-hybridized carbons (Fsp3) is 0.571. The van der Waals surface area contributed by atoms with Gasteiger partial charge in [-0.3, -0.25) is 0 Å². The molecule has 0 saturated carbocycles. The lowest BCUT2D eigenvalue weighted by Gasteiger charge is -2.19. The van der Waals surface area contributed by atoms with Crippen molar-refractivity contribution in [2.24, 2.45) is 17.4 Å². The SMILES string of the molecule is Cc1ccc(C(C)CC(CN)CN)cc1C. The molecule has 0 saturated heterocycles. The zero-order chi connectivity index (χ0) is 12.1. The average Bonchev–Trinajstić information content (AvgIpc) is 2.29. The summed E-state index contributed by atoms with van der Waals surface area (Å²) in [6, 6.07) is 6.70. The molecular formula is C14H24N2. The fourth-order valence-electron chi connectivity index (χ4n) is 2.00. The van der Waals surface area contributed by atoms with Gasteiger partial charge in [0.05, 0.1) is 0 Å². The molecule has 1 rings (SSSR count). The molecule has 1 atom stereocenters. The standard InChI is InChI=1S/C14H24N2/c1-10-4-5-14(7-11(10)2)12(3)6-13(8-15)9-16/h4-5,7,12-13H,6,8-9,15-16H2,1-3H3. The molecule has 0 heterocycles. The Morgan fingerprint density at radius 1 is 1.06 bits per heavy atom. The van der Waals surface area contributed by atoms with Gasteiger partial charge in [-0.05, 0) is 61.9 Å². The molecule has 0 bridgehead atoms. The molecule has 90 valence electrons. The molecule has 0 aromatic heterocycles. The second kappa shape index (κ2) is 6.02. The number of aryl methyl sites for hydroxylation is 2. The highest BCUT2D eigenvalue weighted by Crippen LogP contribution is 2.24. The molecule has 2 nitrogen and oxygen atoms in total. The van der Waals surface area contributed by atoms with Gasteiger partial charge in [-0.1, -0.05) is 25.1 Å². The monoisotopic (exact) mass is 220 g/mol. The number of nitrogens with two attached hydrogens (primary N) is 2. The van der Waals surface area contributed by atoms with Gasteiger partial charge in [0.1, 0.15) is 0 Å². The fourth-order valence-corrected chi connectivity index (χ4v) is 2.00. The third-order valence-corrected chi connectivity index (χ3v) is 3.45. The van der Waals surface area contributed by atoms with Crippen molar-refractivity contribution in [2.45, 2.75) is 33.1 Å². The van der Waals surface area contributed by atoms with Crippen molar-refractivity contribution in [2.75, 3.05) is 13.1 Å². The smallest absolute Gasteiger partial charge is 0.00366 e. The number of hydrogen-bond donors (Lipinski definition) is 2. The largest absolute Gasteiger partial charge is 0.330 e. The van der Waals surface area contributed by atoms with Gasteiger partial charge in [0.2, 0.25) is 0 Å². The highest BCUT2D eigenvalue weighted by Gasteiger charge is 2.12. The Labute approximate surface area is 99.0 Å². The Bertz CT molecular complexity index is 330. The van der Waals surface area contributed by atoms with Crippen LogP contribution in [0, 0.1) is 19.8 Å². The molecule has 16 heavy (non-hydrogen) atoms. The van der Waals surface area contributed by atoms with E-state index in [2.05, 4.69) is 39.0 Å². The Morgan fingerprint density at radius 2 is 1.69 bits per heavy atom. The van der Waals surface area contributed by atoms with Crippen LogP contribution in [-0.2, 0) is 0 Å². The van der Waals surface area contributed by atoms with Crippen molar-refractivity contribution in [3.8, 4) is 0 Å². The average molecular weight is 220 g/mol. The molecule has 0 aliphatic rings. The molecule has 4 N–H and O–H groups in total. The van der Waals surface area contributed by atoms with E-state index in [-0.39, 0.29) is 0 Å². The normalized spacial score (nSPS) is 13.1. The van der Waals surface area contributed by atoms with Gasteiger partial charge in [0, 0.05) is 0 Å². The summed E-state index contributed by atoms with van der Waals surface area (Å²) >= 11 is 0. The van der Waals surface area contributed by atoms with Gasteiger partial charge >= 0.3 is 0 Å². The Kier molecular flexibility index (Phi) is 4.97. The van der Waals surface area contributed by atoms with Crippen LogP contribution in [0.5, 0.6) is 0 Å². The van der Waals surface area contributed by atoms with Crippen LogP contribution in [0.3, 0.4) is 0 Å². The van der Waals surface area contributed by atoms with Gasteiger partial charge in [0.15, 0.2) is 0 Å². The van der Waals surface area contributed by atoms with Gasteiger partial charge in [-0.2, -0.15) is 0 Å². The highest BCUT2D eigenvalue weighted by molar-refractivity contribution is 5.31. The van der Waals surface area contributed by atoms with Gasteiger partial charge < -0.3 is 11.5 Å². The molecule has 0 fully saturated rings. The zero-order valence-corrected chi connectivity index (χ0v) is 10.7. The summed E-state index contributed by atoms with van der Waals surface area (Å²) in [4.78, 5) is 0. The summed E-state index contributed by atoms with van der Waals surface area (Å²) in [5.74, 6) is 0.980. The minimum Gasteiger partial charge on any atom is -0.330 e. The maximum absolute atomic E-state index is 5.68. The van der Waals surface area contributed by atoms with Crippen LogP contribution in [0.2, 0.25) is 0 Å². The van der Waals surface area contributed by atoms with Crippen molar-refractivity contribution < 1.29 is 0 Å². The molecule has 0 spiro atoms. The molecular weight excluding hydrogens is 196 g/mol. The van der Waals surface area contributed by atoms with E-state index in [0.717, 1.165) is 6.42 Å². The summed E-state index contributed by atoms with van der Waals surface area (Å²) in [7, 11) is 0. The van der Waals surface area contributed by atoms with E-state index < -0.39 is 0 Å². The van der Waals surface area contributed by atoms with Crippen molar-refractivity contribution in [1.82, 2.24) is 0 Å². The van der Waals surface area contributed by atoms with Crippen molar-refractivity contribution >= 4 is 0 Å². The highest BCUT2D eigenvalue weighted by atomic mass is 14.6. The topological polar surface area (TPSA) is 52.0 Å². The van der Waals surface area contributed by atoms with Gasteiger partial charge in [-0.15, -0.1) is 0 Å². The summed E-state index contributed by atoms with van der Waals surface area (Å²) in [5.41, 5.74) is 15.5. The lowest BCUT2D eigenvalue weighted by atomic mass is 9.89. The Balaban J connectivity index is 2.72. The van der Waals surface area contributed by atoms with Crippen LogP contribution in [0.1, 0.15) is 36.0 Å². The van der Waals surface area contributed by atoms with Crippen molar-refractivity contribution in [3.05, 3.63) is 34.9 Å². The van der Waals surface area contributed by atoms with Crippen molar-refractivity contribution in [1.29, 1.82) is 0 Å². The van der Waals surface area contributed by atoms with Crippen molar-refractivity contribution in [3.63, 3.8) is 0 Å². The maximum Gasteiger partial charge on any atom is -0.00366 e. The van der Waals surface area contributed by atoms with E-state index in [1.54, 1.807) is 0 Å². The summed E-state index contributed by atoms with van der Waals surface area (Å²) in [6.45, 7) is 7.93. The number of rotatable bonds is 5. The van der Waals surface area contributed by atoms with E-state index in [9.17, 15) is 0 Å². The van der Waals surface area contributed by atoms with E-state index in [4.69, 9.17) is 11.5 Å². The van der Waals surface area contributed by atoms with Crippen LogP contribution in [0.4, 0.5) is 0 Å². The van der Waals surface area contributed by atoms with E-state index in [0.29, 0.717) is 24.9 Å². The van der Waals surface area contributed by atoms with Crippen LogP contribution >= 0.6 is 0 Å². The quantitative estimate of drug-likeness (QED) is 0.800. The maximum atomic E-state index is 5.68. The molecule has 1 aromatic carbocycles. The first-order valence-corrected chi connectivity index (χ1v) is 6.05. The first-order chi connectivity index (χ1) is 7.58. The van der Waals surface area contributed by atoms with E-state index >= 15 is 0 Å². The predicted octanol–water partition coefficient (Wildman–Crippen LogP) is 2.33. The number of benzene rings is 1. The lowest BCUT2D eigenvalue weighted by Crippen LogP contribution is -2.24. The van der Waals surface area contributed by atoms with Crippen LogP contribution in [0.25, 0.3) is 0 Å². The van der Waals surface area contributed by atoms with Gasteiger partial charge in [-0.25, -0.2) is 0 Å². The minimum absolute atomic E-state index is 0.441. The zero-order valence-electron chi connectivity index (χ0n) is 10.7. The third kappa shape index (κ3) is 3.32. The van der Waals surface area contributed by atoms with Crippen LogP contribution in [-0.4, -0.2) is 13.1 Å². The molecule has 1 aromatic rings. The third-order valence-electron chi connectivity index (χ3n) is 3.45. The Morgan fingerprint density at radius 3 is 2.19 bits per heavy atom. The summed E-state index contributed by atoms with van der Waals surface area (Å²) in [6.07, 6.45) is 1.08. The van der Waals surface area contributed by atoms with Crippen LogP contribution in [0.15, 0.2) is 18.2 Å². The minimum atomic E-state index is 0.441. The second-order valence-electron chi connectivity index (χ2n) is 4.82. The molecule has 0 aliphatic heterocycles. The number of hydrogen-bond acceptors (Lipinski definition) is 2. The molecule has 0 aliphatic carbocycles. The molecule has 0 amide bonds. The van der Waals surface area contributed by atoms with E-state index in [1.165, 1.54) is 16.7 Å². The van der Waals surface area contributed by atoms with Crippen LogP contribution < -0.4 is 11.5 Å². The van der Waals surface area contributed by atoms with Gasteiger partial charge in [0.25, 0.3) is 0 Å². The molecule has 0 radical (unpaired) electrons. The Hall–Kier alpha value is -0.860. The molecule has 2 heteroatoms. The molecule has 1 unspecified atom stereocenters. The first kappa shape index (κ1) is 13.2. The second-order valence-corrected chi connectivity index (χ2v) is 4.82. The predicted molar refractivity (Wildman–Crippen MR) is 70.5 cm³/mol. The van der Waals surface area contributed by atoms with E-state index in [1.807, 2.05) is 0 Å². The summed E-state index contributed by atoms with van der Waals surface area (Å²) in [5, 5.41) is 0. The lowest BCUT2D eigenvalue weighted by molar-refractivity contribution is 0.465. The first-order valence-electron chi connectivity index (χ1n) is 6.05.